The summed E-state index contributed by atoms with van der Waals surface area (Å²) in [5, 5.41) is 13.1. The molecular weight excluding hydrogens is 283 g/mol. The fourth-order valence-electron chi connectivity index (χ4n) is 2.34. The van der Waals surface area contributed by atoms with E-state index in [1.54, 1.807) is 10.6 Å². The van der Waals surface area contributed by atoms with Crippen molar-refractivity contribution in [2.45, 2.75) is 25.8 Å². The molecule has 0 aliphatic carbocycles. The molecule has 1 aliphatic rings. The van der Waals surface area contributed by atoms with Crippen molar-refractivity contribution in [1.29, 1.82) is 5.26 Å². The van der Waals surface area contributed by atoms with Gasteiger partial charge < -0.3 is 0 Å². The lowest BCUT2D eigenvalue weighted by Crippen LogP contribution is -2.26. The molecule has 20 heavy (non-hydrogen) atoms. The van der Waals surface area contributed by atoms with Gasteiger partial charge in [-0.1, -0.05) is 11.6 Å². The monoisotopic (exact) mass is 292 g/mol. The van der Waals surface area contributed by atoms with E-state index < -0.39 is 5.82 Å². The number of hydrogen-bond donors (Lipinski definition) is 0. The Morgan fingerprint density at radius 1 is 1.40 bits per heavy atom. The highest BCUT2D eigenvalue weighted by molar-refractivity contribution is 6.32. The van der Waals surface area contributed by atoms with Crippen molar-refractivity contribution < 1.29 is 4.39 Å². The van der Waals surface area contributed by atoms with Gasteiger partial charge in [0.25, 0.3) is 0 Å². The van der Waals surface area contributed by atoms with Gasteiger partial charge in [0.2, 0.25) is 0 Å². The lowest BCUT2D eigenvalue weighted by Gasteiger charge is -2.09. The van der Waals surface area contributed by atoms with E-state index in [1.807, 2.05) is 0 Å². The van der Waals surface area contributed by atoms with Gasteiger partial charge in [-0.3, -0.25) is 4.57 Å². The minimum absolute atomic E-state index is 0.125. The Kier molecular flexibility index (Phi) is 3.07. The van der Waals surface area contributed by atoms with Crippen molar-refractivity contribution in [3.8, 4) is 11.8 Å². The number of aryl methyl sites for hydroxylation is 1. The first-order valence-corrected chi connectivity index (χ1v) is 6.58. The van der Waals surface area contributed by atoms with Crippen LogP contribution in [0.5, 0.6) is 0 Å². The van der Waals surface area contributed by atoms with Gasteiger partial charge in [-0.05, 0) is 18.9 Å². The first-order chi connectivity index (χ1) is 9.61. The summed E-state index contributed by atoms with van der Waals surface area (Å²) in [6.45, 7) is 0.616. The topological polar surface area (TPSA) is 63.6 Å². The van der Waals surface area contributed by atoms with Crippen LogP contribution < -0.4 is 5.69 Å². The van der Waals surface area contributed by atoms with Crippen LogP contribution in [-0.4, -0.2) is 14.3 Å². The number of rotatable bonds is 1. The molecule has 0 fully saturated rings. The second-order valence-electron chi connectivity index (χ2n) is 4.61. The number of benzene rings is 1. The van der Waals surface area contributed by atoms with Gasteiger partial charge >= 0.3 is 5.69 Å². The summed E-state index contributed by atoms with van der Waals surface area (Å²) < 4.78 is 16.4. The molecule has 1 aromatic heterocycles. The Bertz CT molecular complexity index is 787. The van der Waals surface area contributed by atoms with Crippen molar-refractivity contribution in [2.24, 2.45) is 0 Å². The highest BCUT2D eigenvalue weighted by Crippen LogP contribution is 2.23. The first kappa shape index (κ1) is 12.9. The van der Waals surface area contributed by atoms with Crippen LogP contribution in [0.25, 0.3) is 5.69 Å². The molecule has 1 aromatic carbocycles. The highest BCUT2D eigenvalue weighted by Gasteiger charge is 2.20. The highest BCUT2D eigenvalue weighted by atomic mass is 35.5. The third-order valence-electron chi connectivity index (χ3n) is 3.36. The summed E-state index contributed by atoms with van der Waals surface area (Å²) in [6.07, 6.45) is 2.62. The molecule has 0 bridgehead atoms. The Labute approximate surface area is 118 Å². The molecule has 3 rings (SSSR count). The molecule has 0 unspecified atom stereocenters. The van der Waals surface area contributed by atoms with E-state index in [0.29, 0.717) is 12.4 Å². The van der Waals surface area contributed by atoms with Crippen LogP contribution in [0.15, 0.2) is 16.9 Å². The SMILES string of the molecule is N#Cc1cc(Cl)c(-n2nc3n(c2=O)CCCC3)cc1F. The molecule has 0 N–H and O–H groups in total. The number of aromatic nitrogens is 3. The van der Waals surface area contributed by atoms with Crippen LogP contribution in [0.4, 0.5) is 4.39 Å². The molecular formula is C13H10ClFN4O. The first-order valence-electron chi connectivity index (χ1n) is 6.20. The van der Waals surface area contributed by atoms with Crippen LogP contribution in [0, 0.1) is 17.1 Å². The maximum absolute atomic E-state index is 13.7. The summed E-state index contributed by atoms with van der Waals surface area (Å²) in [7, 11) is 0. The number of fused-ring (bicyclic) bond motifs is 1. The Morgan fingerprint density at radius 2 is 2.20 bits per heavy atom. The lowest BCUT2D eigenvalue weighted by atomic mass is 10.2. The van der Waals surface area contributed by atoms with E-state index in [0.717, 1.165) is 30.0 Å². The lowest BCUT2D eigenvalue weighted by molar-refractivity contribution is 0.512. The standard InChI is InChI=1S/C13H10ClFN4O/c14-9-5-8(7-16)10(15)6-11(9)19-13(20)18-4-2-1-3-12(18)17-19/h5-6H,1-4H2. The van der Waals surface area contributed by atoms with E-state index in [-0.39, 0.29) is 22.0 Å². The van der Waals surface area contributed by atoms with E-state index in [9.17, 15) is 9.18 Å². The number of nitriles is 1. The molecule has 0 saturated heterocycles. The zero-order valence-corrected chi connectivity index (χ0v) is 11.2. The number of nitrogens with zero attached hydrogens (tertiary/aromatic N) is 4. The predicted octanol–water partition coefficient (Wildman–Crippen LogP) is 2.03. The molecule has 102 valence electrons. The van der Waals surface area contributed by atoms with Crippen LogP contribution >= 0.6 is 11.6 Å². The van der Waals surface area contributed by atoms with Crippen molar-refractivity contribution in [2.75, 3.05) is 0 Å². The summed E-state index contributed by atoms with van der Waals surface area (Å²) in [4.78, 5) is 12.2. The van der Waals surface area contributed by atoms with Gasteiger partial charge in [0.15, 0.2) is 0 Å². The maximum atomic E-state index is 13.7. The summed E-state index contributed by atoms with van der Waals surface area (Å²) >= 11 is 6.02. The van der Waals surface area contributed by atoms with E-state index in [2.05, 4.69) is 5.10 Å². The molecule has 1 aliphatic heterocycles. The van der Waals surface area contributed by atoms with Gasteiger partial charge in [0.1, 0.15) is 17.7 Å². The summed E-state index contributed by atoms with van der Waals surface area (Å²) in [5.41, 5.74) is -0.323. The van der Waals surface area contributed by atoms with Crippen molar-refractivity contribution >= 4 is 11.6 Å². The Balaban J connectivity index is 2.20. The van der Waals surface area contributed by atoms with E-state index in [1.165, 1.54) is 6.07 Å². The quantitative estimate of drug-likeness (QED) is 0.808. The van der Waals surface area contributed by atoms with E-state index in [4.69, 9.17) is 16.9 Å². The van der Waals surface area contributed by atoms with Crippen molar-refractivity contribution in [1.82, 2.24) is 14.3 Å². The Morgan fingerprint density at radius 3 is 2.90 bits per heavy atom. The van der Waals surface area contributed by atoms with Gasteiger partial charge in [-0.2, -0.15) is 9.94 Å². The van der Waals surface area contributed by atoms with Gasteiger partial charge in [-0.25, -0.2) is 9.18 Å². The van der Waals surface area contributed by atoms with Crippen LogP contribution in [0.3, 0.4) is 0 Å². The summed E-state index contributed by atoms with van der Waals surface area (Å²) in [6, 6.07) is 3.98. The van der Waals surface area contributed by atoms with Gasteiger partial charge in [-0.15, -0.1) is 5.10 Å². The second-order valence-corrected chi connectivity index (χ2v) is 5.02. The molecule has 0 spiro atoms. The van der Waals surface area contributed by atoms with Crippen molar-refractivity contribution in [3.05, 3.63) is 44.8 Å². The smallest absolute Gasteiger partial charge is 0.279 e. The normalized spacial score (nSPS) is 13.8. The molecule has 0 amide bonds. The molecule has 0 saturated carbocycles. The zero-order valence-electron chi connectivity index (χ0n) is 10.4. The fourth-order valence-corrected chi connectivity index (χ4v) is 2.58. The predicted molar refractivity (Wildman–Crippen MR) is 70.4 cm³/mol. The molecule has 0 radical (unpaired) electrons. The average molecular weight is 293 g/mol. The molecule has 7 heteroatoms. The van der Waals surface area contributed by atoms with E-state index >= 15 is 0 Å². The average Bonchev–Trinajstić information content (AvgIpc) is 2.78. The zero-order chi connectivity index (χ0) is 14.3. The van der Waals surface area contributed by atoms with Crippen LogP contribution in [-0.2, 0) is 13.0 Å². The number of hydrogen-bond acceptors (Lipinski definition) is 3. The molecule has 2 aromatic rings. The summed E-state index contributed by atoms with van der Waals surface area (Å²) in [5.74, 6) is -0.0353. The molecule has 0 atom stereocenters. The minimum Gasteiger partial charge on any atom is -0.279 e. The minimum atomic E-state index is -0.718. The van der Waals surface area contributed by atoms with Gasteiger partial charge in [0, 0.05) is 19.0 Å². The second kappa shape index (κ2) is 4.76. The third-order valence-corrected chi connectivity index (χ3v) is 3.66. The maximum Gasteiger partial charge on any atom is 0.350 e. The Hall–Kier alpha value is -2.13. The van der Waals surface area contributed by atoms with Gasteiger partial charge in [0.05, 0.1) is 16.3 Å². The van der Waals surface area contributed by atoms with Crippen LogP contribution in [0.2, 0.25) is 5.02 Å². The van der Waals surface area contributed by atoms with Crippen molar-refractivity contribution in [3.63, 3.8) is 0 Å². The molecule has 5 nitrogen and oxygen atoms in total. The largest absolute Gasteiger partial charge is 0.350 e. The third kappa shape index (κ3) is 1.91. The fraction of sp³-hybridized carbons (Fsp3) is 0.308. The number of halogens is 2. The van der Waals surface area contributed by atoms with Crippen LogP contribution in [0.1, 0.15) is 24.2 Å². The molecule has 2 heterocycles.